The zero-order valence-electron chi connectivity index (χ0n) is 12.2. The van der Waals surface area contributed by atoms with Gasteiger partial charge in [0.2, 0.25) is 0 Å². The predicted molar refractivity (Wildman–Crippen MR) is 75.9 cm³/mol. The fourth-order valence-corrected chi connectivity index (χ4v) is 3.13. The van der Waals surface area contributed by atoms with Gasteiger partial charge in [-0.05, 0) is 51.6 Å². The normalized spacial score (nSPS) is 28.2. The Hall–Kier alpha value is -0.120. The van der Waals surface area contributed by atoms with E-state index in [2.05, 4.69) is 24.2 Å². The van der Waals surface area contributed by atoms with Crippen LogP contribution in [0, 0.1) is 5.92 Å². The molecule has 3 heteroatoms. The van der Waals surface area contributed by atoms with Crippen LogP contribution in [0.2, 0.25) is 0 Å². The molecule has 1 aliphatic carbocycles. The van der Waals surface area contributed by atoms with Crippen molar-refractivity contribution in [2.24, 2.45) is 5.92 Å². The van der Waals surface area contributed by atoms with Crippen LogP contribution < -0.4 is 5.32 Å². The third-order valence-corrected chi connectivity index (χ3v) is 4.30. The number of rotatable bonds is 9. The van der Waals surface area contributed by atoms with Gasteiger partial charge in [0.05, 0.1) is 6.61 Å². The Morgan fingerprint density at radius 3 is 2.83 bits per heavy atom. The minimum absolute atomic E-state index is 0.389. The van der Waals surface area contributed by atoms with Gasteiger partial charge in [-0.1, -0.05) is 13.3 Å². The van der Waals surface area contributed by atoms with Gasteiger partial charge in [0.15, 0.2) is 0 Å². The van der Waals surface area contributed by atoms with Gasteiger partial charge in [-0.2, -0.15) is 0 Å². The van der Waals surface area contributed by atoms with Crippen LogP contribution in [0.1, 0.15) is 45.4 Å². The van der Waals surface area contributed by atoms with E-state index in [0.29, 0.717) is 5.54 Å². The molecule has 0 bridgehead atoms. The van der Waals surface area contributed by atoms with Gasteiger partial charge in [-0.15, -0.1) is 0 Å². The molecule has 0 radical (unpaired) electrons. The van der Waals surface area contributed by atoms with E-state index >= 15 is 0 Å². The molecule has 18 heavy (non-hydrogen) atoms. The zero-order valence-corrected chi connectivity index (χ0v) is 12.2. The van der Waals surface area contributed by atoms with Crippen molar-refractivity contribution in [3.63, 3.8) is 0 Å². The molecule has 2 rings (SSSR count). The fraction of sp³-hybridized carbons (Fsp3) is 1.00. The highest BCUT2D eigenvalue weighted by molar-refractivity contribution is 4.94. The molecule has 1 atom stereocenters. The van der Waals surface area contributed by atoms with Crippen molar-refractivity contribution in [2.45, 2.75) is 51.0 Å². The highest BCUT2D eigenvalue weighted by Crippen LogP contribution is 2.28. The third-order valence-electron chi connectivity index (χ3n) is 4.30. The number of nitrogens with zero attached hydrogens (tertiary/aromatic N) is 1. The van der Waals surface area contributed by atoms with Crippen LogP contribution >= 0.6 is 0 Å². The molecule has 106 valence electrons. The third kappa shape index (κ3) is 4.52. The highest BCUT2D eigenvalue weighted by atomic mass is 16.5. The topological polar surface area (TPSA) is 24.5 Å². The van der Waals surface area contributed by atoms with Crippen LogP contribution in [0.3, 0.4) is 0 Å². The first kappa shape index (κ1) is 14.3. The summed E-state index contributed by atoms with van der Waals surface area (Å²) in [5.41, 5.74) is 0.389. The molecule has 0 aromatic rings. The summed E-state index contributed by atoms with van der Waals surface area (Å²) in [6.07, 6.45) is 8.04. The molecule has 3 nitrogen and oxygen atoms in total. The molecule has 1 unspecified atom stereocenters. The Morgan fingerprint density at radius 2 is 2.22 bits per heavy atom. The number of likely N-dealkylation sites (N-methyl/N-ethyl adjacent to an activating group) is 1. The Bertz CT molecular complexity index is 235. The van der Waals surface area contributed by atoms with E-state index in [1.807, 2.05) is 0 Å². The molecular formula is C15H30N2O. The van der Waals surface area contributed by atoms with Crippen molar-refractivity contribution < 1.29 is 4.74 Å². The van der Waals surface area contributed by atoms with E-state index < -0.39 is 0 Å². The summed E-state index contributed by atoms with van der Waals surface area (Å²) in [5.74, 6) is 0.887. The first-order chi connectivity index (χ1) is 8.74. The smallest absolute Gasteiger partial charge is 0.0593 e. The fourth-order valence-electron chi connectivity index (χ4n) is 3.13. The van der Waals surface area contributed by atoms with Gasteiger partial charge in [-0.3, -0.25) is 0 Å². The van der Waals surface area contributed by atoms with Crippen LogP contribution in [0.25, 0.3) is 0 Å². The largest absolute Gasteiger partial charge is 0.380 e. The second-order valence-corrected chi connectivity index (χ2v) is 6.32. The second kappa shape index (κ2) is 6.88. The van der Waals surface area contributed by atoms with Gasteiger partial charge in [-0.25, -0.2) is 0 Å². The summed E-state index contributed by atoms with van der Waals surface area (Å²) in [5, 5.41) is 3.74. The lowest BCUT2D eigenvalue weighted by atomic mass is 9.91. The minimum atomic E-state index is 0.389. The molecule has 1 heterocycles. The molecule has 1 N–H and O–H groups in total. The van der Waals surface area contributed by atoms with Gasteiger partial charge in [0.1, 0.15) is 0 Å². The van der Waals surface area contributed by atoms with Gasteiger partial charge < -0.3 is 15.0 Å². The van der Waals surface area contributed by atoms with E-state index in [-0.39, 0.29) is 0 Å². The van der Waals surface area contributed by atoms with Crippen molar-refractivity contribution in [1.29, 1.82) is 0 Å². The summed E-state index contributed by atoms with van der Waals surface area (Å²) in [4.78, 5) is 2.45. The number of nitrogens with one attached hydrogen (secondary N) is 1. The molecule has 2 aliphatic rings. The van der Waals surface area contributed by atoms with Crippen molar-refractivity contribution >= 4 is 0 Å². The lowest BCUT2D eigenvalue weighted by Crippen LogP contribution is -2.49. The monoisotopic (exact) mass is 254 g/mol. The maximum Gasteiger partial charge on any atom is 0.0593 e. The van der Waals surface area contributed by atoms with E-state index in [0.717, 1.165) is 25.7 Å². The summed E-state index contributed by atoms with van der Waals surface area (Å²) >= 11 is 0. The molecule has 0 spiro atoms. The first-order valence-corrected chi connectivity index (χ1v) is 7.75. The van der Waals surface area contributed by atoms with E-state index in [4.69, 9.17) is 4.74 Å². The molecule has 1 aliphatic heterocycles. The Balaban J connectivity index is 1.62. The van der Waals surface area contributed by atoms with Crippen LogP contribution in [-0.2, 0) is 4.74 Å². The van der Waals surface area contributed by atoms with Gasteiger partial charge >= 0.3 is 0 Å². The minimum Gasteiger partial charge on any atom is -0.380 e. The van der Waals surface area contributed by atoms with Gasteiger partial charge in [0.25, 0.3) is 0 Å². The second-order valence-electron chi connectivity index (χ2n) is 6.32. The first-order valence-electron chi connectivity index (χ1n) is 7.75. The van der Waals surface area contributed by atoms with Crippen molar-refractivity contribution in [1.82, 2.24) is 10.2 Å². The molecule has 0 aromatic heterocycles. The van der Waals surface area contributed by atoms with Crippen LogP contribution in [0.5, 0.6) is 0 Å². The lowest BCUT2D eigenvalue weighted by molar-refractivity contribution is 0.0938. The van der Waals surface area contributed by atoms with E-state index in [1.165, 1.54) is 51.6 Å². The van der Waals surface area contributed by atoms with E-state index in [9.17, 15) is 0 Å². The van der Waals surface area contributed by atoms with Crippen molar-refractivity contribution in [3.05, 3.63) is 0 Å². The van der Waals surface area contributed by atoms with Crippen LogP contribution in [-0.4, -0.2) is 50.3 Å². The maximum atomic E-state index is 5.72. The quantitative estimate of drug-likeness (QED) is 0.639. The summed E-state index contributed by atoms with van der Waals surface area (Å²) < 4.78 is 5.72. The SMILES string of the molecule is CCCC1(CN(C)CCOCC2CC2)CCCN1. The lowest BCUT2D eigenvalue weighted by Gasteiger charge is -2.34. The zero-order chi connectivity index (χ0) is 12.8. The van der Waals surface area contributed by atoms with Crippen molar-refractivity contribution in [3.8, 4) is 0 Å². The van der Waals surface area contributed by atoms with Crippen molar-refractivity contribution in [2.75, 3.05) is 39.9 Å². The predicted octanol–water partition coefficient (Wildman–Crippen LogP) is 2.27. The molecule has 1 saturated carbocycles. The molecule has 0 amide bonds. The van der Waals surface area contributed by atoms with E-state index in [1.54, 1.807) is 0 Å². The number of ether oxygens (including phenoxy) is 1. The number of hydrogen-bond acceptors (Lipinski definition) is 3. The highest BCUT2D eigenvalue weighted by Gasteiger charge is 2.33. The Morgan fingerprint density at radius 1 is 1.39 bits per heavy atom. The average molecular weight is 254 g/mol. The standard InChI is InChI=1S/C15H30N2O/c1-3-7-15(8-4-9-16-15)13-17(2)10-11-18-12-14-5-6-14/h14,16H,3-13H2,1-2H3. The summed E-state index contributed by atoms with van der Waals surface area (Å²) in [6, 6.07) is 0. The average Bonchev–Trinajstić information content (AvgIpc) is 3.06. The molecule has 2 fully saturated rings. The summed E-state index contributed by atoms with van der Waals surface area (Å²) in [6.45, 7) is 7.63. The molecule has 1 saturated heterocycles. The van der Waals surface area contributed by atoms with Gasteiger partial charge in [0, 0.05) is 25.2 Å². The molecular weight excluding hydrogens is 224 g/mol. The van der Waals surface area contributed by atoms with Crippen LogP contribution in [0.4, 0.5) is 0 Å². The maximum absolute atomic E-state index is 5.72. The molecule has 0 aromatic carbocycles. The number of hydrogen-bond donors (Lipinski definition) is 1. The summed E-state index contributed by atoms with van der Waals surface area (Å²) in [7, 11) is 2.23. The Labute approximate surface area is 112 Å². The van der Waals surface area contributed by atoms with Crippen LogP contribution in [0.15, 0.2) is 0 Å². The Kier molecular flexibility index (Phi) is 5.46.